The topological polar surface area (TPSA) is 102 Å². The van der Waals surface area contributed by atoms with E-state index in [9.17, 15) is 19.7 Å². The van der Waals surface area contributed by atoms with E-state index in [1.54, 1.807) is 6.07 Å². The van der Waals surface area contributed by atoms with Crippen LogP contribution in [0.4, 0.5) is 11.4 Å². The van der Waals surface area contributed by atoms with Gasteiger partial charge in [-0.05, 0) is 44.7 Å². The number of rotatable bonds is 6. The molecule has 1 N–H and O–H groups in total. The Balaban J connectivity index is 1.65. The first-order valence-corrected chi connectivity index (χ1v) is 10.0. The fourth-order valence-corrected chi connectivity index (χ4v) is 3.87. The molecule has 2 fully saturated rings. The highest BCUT2D eigenvalue weighted by atomic mass is 16.6. The maximum Gasteiger partial charge on any atom is 0.339 e. The highest BCUT2D eigenvalue weighted by molar-refractivity contribution is 5.93. The van der Waals surface area contributed by atoms with Gasteiger partial charge < -0.3 is 15.0 Å². The molecule has 3 rings (SSSR count). The maximum atomic E-state index is 12.4. The van der Waals surface area contributed by atoms with E-state index in [0.29, 0.717) is 5.69 Å². The van der Waals surface area contributed by atoms with Crippen molar-refractivity contribution >= 4 is 23.3 Å². The van der Waals surface area contributed by atoms with Crippen molar-refractivity contribution in [3.05, 3.63) is 33.9 Å². The van der Waals surface area contributed by atoms with Crippen LogP contribution in [-0.4, -0.2) is 42.0 Å². The average molecular weight is 389 g/mol. The van der Waals surface area contributed by atoms with Gasteiger partial charge in [-0.3, -0.25) is 14.9 Å². The number of nitrogens with zero attached hydrogens (tertiary/aromatic N) is 2. The second-order valence-electron chi connectivity index (χ2n) is 7.55. The van der Waals surface area contributed by atoms with Gasteiger partial charge in [0.15, 0.2) is 6.10 Å². The second-order valence-corrected chi connectivity index (χ2v) is 7.55. The number of nitrogens with one attached hydrogen (secondary N) is 1. The van der Waals surface area contributed by atoms with Gasteiger partial charge in [0.25, 0.3) is 11.6 Å². The molecule has 8 nitrogen and oxygen atoms in total. The molecule has 0 radical (unpaired) electrons. The molecular weight excluding hydrogens is 362 g/mol. The number of benzene rings is 1. The van der Waals surface area contributed by atoms with Crippen LogP contribution in [0.3, 0.4) is 0 Å². The summed E-state index contributed by atoms with van der Waals surface area (Å²) in [5, 5.41) is 14.4. The van der Waals surface area contributed by atoms with E-state index < -0.39 is 17.0 Å². The van der Waals surface area contributed by atoms with Gasteiger partial charge in [0.05, 0.1) is 10.5 Å². The summed E-state index contributed by atoms with van der Waals surface area (Å²) in [6.07, 6.45) is 6.28. The number of nitro groups is 1. The highest BCUT2D eigenvalue weighted by Gasteiger charge is 2.26. The third-order valence-electron chi connectivity index (χ3n) is 5.46. The predicted octanol–water partition coefficient (Wildman–Crippen LogP) is 3.19. The molecule has 28 heavy (non-hydrogen) atoms. The van der Waals surface area contributed by atoms with Crippen LogP contribution in [0, 0.1) is 10.1 Å². The molecule has 0 bridgehead atoms. The zero-order chi connectivity index (χ0) is 20.1. The largest absolute Gasteiger partial charge is 0.449 e. The molecule has 1 amide bonds. The lowest BCUT2D eigenvalue weighted by Gasteiger charge is -2.24. The van der Waals surface area contributed by atoms with E-state index in [0.717, 1.165) is 51.6 Å². The van der Waals surface area contributed by atoms with Gasteiger partial charge in [-0.15, -0.1) is 0 Å². The quantitative estimate of drug-likeness (QED) is 0.455. The lowest BCUT2D eigenvalue weighted by atomic mass is 9.95. The zero-order valence-electron chi connectivity index (χ0n) is 16.2. The van der Waals surface area contributed by atoms with Gasteiger partial charge in [0.2, 0.25) is 0 Å². The maximum absolute atomic E-state index is 12.4. The van der Waals surface area contributed by atoms with Crippen LogP contribution in [0.15, 0.2) is 18.2 Å². The Labute approximate surface area is 164 Å². The molecule has 8 heteroatoms. The Kier molecular flexibility index (Phi) is 6.49. The van der Waals surface area contributed by atoms with Crippen LogP contribution < -0.4 is 10.2 Å². The lowest BCUT2D eigenvalue weighted by molar-refractivity contribution is -0.384. The molecular formula is C20H27N3O5. The normalized spacial score (nSPS) is 18.5. The Bertz CT molecular complexity index is 739. The first kappa shape index (κ1) is 20.1. The number of hydrogen-bond acceptors (Lipinski definition) is 6. The minimum atomic E-state index is -0.952. The van der Waals surface area contributed by atoms with Crippen LogP contribution in [0.25, 0.3) is 0 Å². The van der Waals surface area contributed by atoms with Crippen molar-refractivity contribution in [3.8, 4) is 0 Å². The molecule has 152 valence electrons. The average Bonchev–Trinajstić information content (AvgIpc) is 3.22. The van der Waals surface area contributed by atoms with Crippen molar-refractivity contribution in [1.82, 2.24) is 5.32 Å². The standard InChI is InChI=1S/C20H27N3O5/c1-14(19(24)21-16-7-3-2-4-8-16)28-20(25)15-9-10-17(18(13-15)23(26)27)22-11-5-6-12-22/h9-10,13-14,16H,2-8,11-12H2,1H3,(H,21,24)/t14-/m0/s1. The first-order chi connectivity index (χ1) is 13.5. The fraction of sp³-hybridized carbons (Fsp3) is 0.600. The predicted molar refractivity (Wildman–Crippen MR) is 104 cm³/mol. The summed E-state index contributed by atoms with van der Waals surface area (Å²) >= 11 is 0. The third kappa shape index (κ3) is 4.79. The minimum absolute atomic E-state index is 0.0759. The molecule has 0 aromatic heterocycles. The summed E-state index contributed by atoms with van der Waals surface area (Å²) in [5.74, 6) is -1.06. The number of carbonyl (C=O) groups excluding carboxylic acids is 2. The molecule has 2 aliphatic rings. The van der Waals surface area contributed by atoms with Gasteiger partial charge in [0.1, 0.15) is 5.69 Å². The number of amides is 1. The number of nitro benzene ring substituents is 1. The molecule has 0 spiro atoms. The molecule has 0 unspecified atom stereocenters. The Hall–Kier alpha value is -2.64. The lowest BCUT2D eigenvalue weighted by Crippen LogP contribution is -2.42. The van der Waals surface area contributed by atoms with Crippen LogP contribution in [0.5, 0.6) is 0 Å². The van der Waals surface area contributed by atoms with Crippen LogP contribution in [0.2, 0.25) is 0 Å². The monoisotopic (exact) mass is 389 g/mol. The number of hydrogen-bond donors (Lipinski definition) is 1. The first-order valence-electron chi connectivity index (χ1n) is 10.0. The molecule has 1 aromatic carbocycles. The molecule has 1 aliphatic carbocycles. The van der Waals surface area contributed by atoms with Gasteiger partial charge in [-0.1, -0.05) is 19.3 Å². The van der Waals surface area contributed by atoms with Gasteiger partial charge in [-0.25, -0.2) is 4.79 Å². The van der Waals surface area contributed by atoms with Crippen LogP contribution in [0.1, 0.15) is 62.2 Å². The van der Waals surface area contributed by atoms with Crippen molar-refractivity contribution in [2.75, 3.05) is 18.0 Å². The van der Waals surface area contributed by atoms with Crippen molar-refractivity contribution in [1.29, 1.82) is 0 Å². The van der Waals surface area contributed by atoms with E-state index in [1.165, 1.54) is 25.5 Å². The zero-order valence-corrected chi connectivity index (χ0v) is 16.2. The molecule has 1 heterocycles. The summed E-state index contributed by atoms with van der Waals surface area (Å²) in [5.41, 5.74) is 0.477. The third-order valence-corrected chi connectivity index (χ3v) is 5.46. The summed E-state index contributed by atoms with van der Waals surface area (Å²) in [4.78, 5) is 37.6. The van der Waals surface area contributed by atoms with Gasteiger partial charge in [-0.2, -0.15) is 0 Å². The number of carbonyl (C=O) groups is 2. The Morgan fingerprint density at radius 2 is 1.86 bits per heavy atom. The summed E-state index contributed by atoms with van der Waals surface area (Å²) in [6, 6.07) is 4.48. The van der Waals surface area contributed by atoms with E-state index in [1.807, 2.05) is 4.90 Å². The minimum Gasteiger partial charge on any atom is -0.449 e. The van der Waals surface area contributed by atoms with Gasteiger partial charge >= 0.3 is 5.97 Å². The van der Waals surface area contributed by atoms with Crippen LogP contribution in [-0.2, 0) is 9.53 Å². The second kappa shape index (κ2) is 9.03. The fourth-order valence-electron chi connectivity index (χ4n) is 3.87. The van der Waals surface area contributed by atoms with Crippen LogP contribution >= 0.6 is 0 Å². The SMILES string of the molecule is C[C@H](OC(=O)c1ccc(N2CCCC2)c([N+](=O)[O-])c1)C(=O)NC1CCCCC1. The number of anilines is 1. The van der Waals surface area contributed by atoms with Gasteiger partial charge in [0, 0.05) is 25.2 Å². The highest BCUT2D eigenvalue weighted by Crippen LogP contribution is 2.32. The summed E-state index contributed by atoms with van der Waals surface area (Å²) in [7, 11) is 0. The Morgan fingerprint density at radius 1 is 1.18 bits per heavy atom. The van der Waals surface area contributed by atoms with E-state index in [2.05, 4.69) is 5.32 Å². The summed E-state index contributed by atoms with van der Waals surface area (Å²) in [6.45, 7) is 3.05. The van der Waals surface area contributed by atoms with E-state index >= 15 is 0 Å². The number of esters is 1. The molecule has 1 atom stereocenters. The molecule has 1 aliphatic heterocycles. The number of ether oxygens (including phenoxy) is 1. The Morgan fingerprint density at radius 3 is 2.50 bits per heavy atom. The molecule has 1 saturated heterocycles. The summed E-state index contributed by atoms with van der Waals surface area (Å²) < 4.78 is 5.25. The molecule has 1 saturated carbocycles. The van der Waals surface area contributed by atoms with E-state index in [-0.39, 0.29) is 23.2 Å². The van der Waals surface area contributed by atoms with Crippen molar-refractivity contribution in [3.63, 3.8) is 0 Å². The van der Waals surface area contributed by atoms with Crippen molar-refractivity contribution in [2.45, 2.75) is 64.0 Å². The smallest absolute Gasteiger partial charge is 0.339 e. The van der Waals surface area contributed by atoms with Crippen molar-refractivity contribution in [2.24, 2.45) is 0 Å². The molecule has 1 aromatic rings. The van der Waals surface area contributed by atoms with E-state index in [4.69, 9.17) is 4.74 Å². The van der Waals surface area contributed by atoms with Crippen molar-refractivity contribution < 1.29 is 19.2 Å².